The van der Waals surface area contributed by atoms with Crippen LogP contribution < -0.4 is 4.90 Å². The van der Waals surface area contributed by atoms with Gasteiger partial charge in [-0.2, -0.15) is 0 Å². The molecule has 2 heterocycles. The molecule has 2 nitrogen and oxygen atoms in total. The van der Waals surface area contributed by atoms with Gasteiger partial charge in [-0.25, -0.2) is 0 Å². The van der Waals surface area contributed by atoms with Crippen molar-refractivity contribution in [3.63, 3.8) is 0 Å². The molecule has 0 aliphatic rings. The van der Waals surface area contributed by atoms with Crippen molar-refractivity contribution in [2.24, 2.45) is 0 Å². The van der Waals surface area contributed by atoms with Crippen LogP contribution in [0.5, 0.6) is 0 Å². The monoisotopic (exact) mass is 719 g/mol. The first-order chi connectivity index (χ1) is 27.3. The molecule has 0 radical (unpaired) electrons. The van der Waals surface area contributed by atoms with E-state index in [1.807, 2.05) is 23.5 Å². The standard InChI is InChI=1S/C52H33NOS/c1-2-19-40-34(13-1)14-11-23-41(40)37-17-9-15-35(31-37)36-16-10-18-38(32-36)53(39-29-30-44-43-21-4-7-27-49(43)54-50(44)33-39)48-26-6-3-20-42(48)46-24-12-25-47-45-22-5-8-28-51(45)55-52(46)47/h1-33H. The molecule has 3 heteroatoms. The Labute approximate surface area is 322 Å². The Morgan fingerprint density at radius 3 is 1.93 bits per heavy atom. The minimum absolute atomic E-state index is 0.867. The lowest BCUT2D eigenvalue weighted by Gasteiger charge is -2.28. The summed E-state index contributed by atoms with van der Waals surface area (Å²) in [6, 6.07) is 72.2. The Morgan fingerprint density at radius 2 is 0.982 bits per heavy atom. The van der Waals surface area contributed by atoms with Gasteiger partial charge in [0.05, 0.1) is 5.69 Å². The predicted molar refractivity (Wildman–Crippen MR) is 235 cm³/mol. The largest absolute Gasteiger partial charge is 0.456 e. The molecular weight excluding hydrogens is 687 g/mol. The number of rotatable bonds is 6. The topological polar surface area (TPSA) is 16.4 Å². The molecule has 0 aliphatic heterocycles. The molecule has 0 fully saturated rings. The number of para-hydroxylation sites is 2. The van der Waals surface area contributed by atoms with Crippen LogP contribution in [-0.2, 0) is 0 Å². The maximum Gasteiger partial charge on any atom is 0.137 e. The van der Waals surface area contributed by atoms with Crippen LogP contribution >= 0.6 is 11.3 Å². The van der Waals surface area contributed by atoms with E-state index in [1.165, 1.54) is 58.8 Å². The van der Waals surface area contributed by atoms with E-state index < -0.39 is 0 Å². The summed E-state index contributed by atoms with van der Waals surface area (Å²) in [5, 5.41) is 7.33. The van der Waals surface area contributed by atoms with Crippen LogP contribution in [0.1, 0.15) is 0 Å². The molecule has 11 aromatic rings. The molecule has 0 unspecified atom stereocenters. The Balaban J connectivity index is 1.11. The van der Waals surface area contributed by atoms with Crippen molar-refractivity contribution in [3.8, 4) is 33.4 Å². The zero-order valence-corrected chi connectivity index (χ0v) is 30.6. The van der Waals surface area contributed by atoms with Crippen molar-refractivity contribution >= 4 is 81.3 Å². The molecule has 9 aromatic carbocycles. The summed E-state index contributed by atoms with van der Waals surface area (Å²) < 4.78 is 9.07. The van der Waals surface area contributed by atoms with Crippen molar-refractivity contribution in [3.05, 3.63) is 200 Å². The Hall–Kier alpha value is -6.94. The van der Waals surface area contributed by atoms with Gasteiger partial charge in [0, 0.05) is 59.5 Å². The minimum Gasteiger partial charge on any atom is -0.456 e. The maximum atomic E-state index is 6.47. The number of benzene rings is 9. The van der Waals surface area contributed by atoms with E-state index in [1.54, 1.807) is 0 Å². The van der Waals surface area contributed by atoms with E-state index in [0.29, 0.717) is 0 Å². The van der Waals surface area contributed by atoms with Crippen LogP contribution in [0.4, 0.5) is 17.1 Å². The molecule has 0 aliphatic carbocycles. The van der Waals surface area contributed by atoms with E-state index in [-0.39, 0.29) is 0 Å². The van der Waals surface area contributed by atoms with Gasteiger partial charge < -0.3 is 9.32 Å². The van der Waals surface area contributed by atoms with Crippen molar-refractivity contribution < 1.29 is 4.42 Å². The lowest BCUT2D eigenvalue weighted by molar-refractivity contribution is 0.669. The molecular formula is C52H33NOS. The molecule has 11 rings (SSSR count). The van der Waals surface area contributed by atoms with Gasteiger partial charge in [-0.1, -0.05) is 146 Å². The summed E-state index contributed by atoms with van der Waals surface area (Å²) in [6.07, 6.45) is 0. The highest BCUT2D eigenvalue weighted by molar-refractivity contribution is 7.26. The van der Waals surface area contributed by atoms with Gasteiger partial charge in [-0.05, 0) is 81.6 Å². The molecule has 55 heavy (non-hydrogen) atoms. The number of thiophene rings is 1. The smallest absolute Gasteiger partial charge is 0.137 e. The van der Waals surface area contributed by atoms with Gasteiger partial charge in [0.2, 0.25) is 0 Å². The van der Waals surface area contributed by atoms with Crippen LogP contribution in [0.3, 0.4) is 0 Å². The average Bonchev–Trinajstić information content (AvgIpc) is 3.82. The third-order valence-electron chi connectivity index (χ3n) is 10.9. The fourth-order valence-electron chi connectivity index (χ4n) is 8.30. The van der Waals surface area contributed by atoms with Crippen LogP contribution in [0.2, 0.25) is 0 Å². The Morgan fingerprint density at radius 1 is 0.364 bits per heavy atom. The number of anilines is 3. The van der Waals surface area contributed by atoms with E-state index in [9.17, 15) is 0 Å². The van der Waals surface area contributed by atoms with Gasteiger partial charge in [0.25, 0.3) is 0 Å². The average molecular weight is 720 g/mol. The lowest BCUT2D eigenvalue weighted by atomic mass is 9.95. The zero-order chi connectivity index (χ0) is 36.3. The summed E-state index contributed by atoms with van der Waals surface area (Å²) in [5.74, 6) is 0. The highest BCUT2D eigenvalue weighted by Crippen LogP contribution is 2.47. The number of furan rings is 1. The Bertz CT molecular complexity index is 3240. The summed E-state index contributed by atoms with van der Waals surface area (Å²) in [6.45, 7) is 0. The second kappa shape index (κ2) is 12.9. The molecule has 0 saturated carbocycles. The second-order valence-electron chi connectivity index (χ2n) is 14.1. The van der Waals surface area contributed by atoms with Crippen molar-refractivity contribution in [2.75, 3.05) is 4.90 Å². The molecule has 258 valence electrons. The Kier molecular flexibility index (Phi) is 7.39. The van der Waals surface area contributed by atoms with Crippen LogP contribution in [-0.4, -0.2) is 0 Å². The third kappa shape index (κ3) is 5.32. The van der Waals surface area contributed by atoms with Gasteiger partial charge in [-0.3, -0.25) is 0 Å². The van der Waals surface area contributed by atoms with E-state index in [2.05, 4.69) is 193 Å². The molecule has 0 atom stereocenters. The zero-order valence-electron chi connectivity index (χ0n) is 29.8. The SMILES string of the molecule is c1cc(-c2cccc(N(c3ccc4c(c3)oc3ccccc34)c3ccccc3-c3cccc4c3sc3ccccc34)c2)cc(-c2cccc3ccccc23)c1. The normalized spacial score (nSPS) is 11.6. The predicted octanol–water partition coefficient (Wildman–Crippen LogP) is 15.6. The van der Waals surface area contributed by atoms with Gasteiger partial charge in [-0.15, -0.1) is 11.3 Å². The highest BCUT2D eigenvalue weighted by Gasteiger charge is 2.21. The van der Waals surface area contributed by atoms with Gasteiger partial charge in [0.1, 0.15) is 11.2 Å². The van der Waals surface area contributed by atoms with Crippen LogP contribution in [0.25, 0.3) is 86.3 Å². The molecule has 0 bridgehead atoms. The number of hydrogen-bond acceptors (Lipinski definition) is 3. The van der Waals surface area contributed by atoms with Crippen molar-refractivity contribution in [2.45, 2.75) is 0 Å². The van der Waals surface area contributed by atoms with Crippen molar-refractivity contribution in [1.82, 2.24) is 0 Å². The van der Waals surface area contributed by atoms with Crippen molar-refractivity contribution in [1.29, 1.82) is 0 Å². The first-order valence-electron chi connectivity index (χ1n) is 18.7. The van der Waals surface area contributed by atoms with Crippen LogP contribution in [0, 0.1) is 0 Å². The van der Waals surface area contributed by atoms with E-state index in [4.69, 9.17) is 4.42 Å². The number of fused-ring (bicyclic) bond motifs is 7. The number of nitrogens with zero attached hydrogens (tertiary/aromatic N) is 1. The van der Waals surface area contributed by atoms with Gasteiger partial charge in [0.15, 0.2) is 0 Å². The third-order valence-corrected chi connectivity index (χ3v) is 12.1. The summed E-state index contributed by atoms with van der Waals surface area (Å²) in [5.41, 5.74) is 12.1. The second-order valence-corrected chi connectivity index (χ2v) is 15.1. The minimum atomic E-state index is 0.867. The molecule has 0 N–H and O–H groups in total. The lowest BCUT2D eigenvalue weighted by Crippen LogP contribution is -2.11. The highest BCUT2D eigenvalue weighted by atomic mass is 32.1. The van der Waals surface area contributed by atoms with E-state index in [0.717, 1.165) is 44.6 Å². The molecule has 0 saturated heterocycles. The molecule has 2 aromatic heterocycles. The fourth-order valence-corrected chi connectivity index (χ4v) is 9.53. The van der Waals surface area contributed by atoms with Crippen LogP contribution in [0.15, 0.2) is 205 Å². The fraction of sp³-hybridized carbons (Fsp3) is 0. The summed E-state index contributed by atoms with van der Waals surface area (Å²) >= 11 is 1.87. The summed E-state index contributed by atoms with van der Waals surface area (Å²) in [4.78, 5) is 2.40. The molecule has 0 spiro atoms. The first-order valence-corrected chi connectivity index (χ1v) is 19.5. The number of hydrogen-bond donors (Lipinski definition) is 0. The molecule has 0 amide bonds. The first kappa shape index (κ1) is 31.6. The summed E-state index contributed by atoms with van der Waals surface area (Å²) in [7, 11) is 0. The van der Waals surface area contributed by atoms with Gasteiger partial charge >= 0.3 is 0 Å². The quantitative estimate of drug-likeness (QED) is 0.170. The van der Waals surface area contributed by atoms with E-state index >= 15 is 0 Å². The maximum absolute atomic E-state index is 6.47.